The van der Waals surface area contributed by atoms with Gasteiger partial charge in [0.05, 0.1) is 5.92 Å². The third-order valence-corrected chi connectivity index (χ3v) is 4.36. The fourth-order valence-electron chi connectivity index (χ4n) is 3.17. The Labute approximate surface area is 101 Å². The van der Waals surface area contributed by atoms with Crippen LogP contribution in [0.5, 0.6) is 0 Å². The molecule has 0 aromatic rings. The normalized spacial score (nSPS) is 31.9. The van der Waals surface area contributed by atoms with E-state index in [1.165, 1.54) is 25.7 Å². The molecule has 2 fully saturated rings. The van der Waals surface area contributed by atoms with Crippen molar-refractivity contribution >= 4 is 0 Å². The Morgan fingerprint density at radius 1 is 0.882 bits per heavy atom. The van der Waals surface area contributed by atoms with Crippen LogP contribution in [0.15, 0.2) is 0 Å². The Hall–Kier alpha value is -0.250. The summed E-state index contributed by atoms with van der Waals surface area (Å²) in [5, 5.41) is 3.47. The van der Waals surface area contributed by atoms with Crippen molar-refractivity contribution in [3.63, 3.8) is 0 Å². The van der Waals surface area contributed by atoms with Crippen molar-refractivity contribution in [3.8, 4) is 0 Å². The quantitative estimate of drug-likeness (QED) is 0.800. The molecule has 0 aliphatic heterocycles. The van der Waals surface area contributed by atoms with Crippen LogP contribution in [0.3, 0.4) is 0 Å². The van der Waals surface area contributed by atoms with Gasteiger partial charge in [-0.05, 0) is 51.0 Å². The van der Waals surface area contributed by atoms with Crippen molar-refractivity contribution in [1.29, 1.82) is 0 Å². The highest BCUT2D eigenvalue weighted by Gasteiger charge is 2.41. The van der Waals surface area contributed by atoms with Crippen molar-refractivity contribution in [2.45, 2.75) is 63.6 Å². The first kappa shape index (κ1) is 13.2. The molecule has 0 amide bonds. The smallest absolute Gasteiger partial charge is 0.314 e. The van der Waals surface area contributed by atoms with Gasteiger partial charge in [0, 0.05) is 6.04 Å². The third kappa shape index (κ3) is 3.87. The lowest BCUT2D eigenvalue weighted by atomic mass is 9.85. The van der Waals surface area contributed by atoms with Gasteiger partial charge in [0.1, 0.15) is 0 Å². The van der Waals surface area contributed by atoms with E-state index in [-0.39, 0.29) is 0 Å². The maximum absolute atomic E-state index is 12.5. The predicted molar refractivity (Wildman–Crippen MR) is 61.8 cm³/mol. The second-order valence-corrected chi connectivity index (χ2v) is 5.65. The molecule has 0 atom stereocenters. The van der Waals surface area contributed by atoms with Gasteiger partial charge < -0.3 is 5.32 Å². The van der Waals surface area contributed by atoms with E-state index in [4.69, 9.17) is 0 Å². The molecule has 0 aromatic carbocycles. The molecule has 0 radical (unpaired) electrons. The molecule has 0 saturated heterocycles. The van der Waals surface area contributed by atoms with Gasteiger partial charge in [-0.25, -0.2) is 0 Å². The SMILES string of the molecule is FC(F)(F)C1CCC(NCC2CCCC2)CC1. The van der Waals surface area contributed by atoms with Crippen LogP contribution in [-0.4, -0.2) is 18.8 Å². The van der Waals surface area contributed by atoms with E-state index in [1.54, 1.807) is 0 Å². The molecular formula is C13H22F3N. The molecule has 2 saturated carbocycles. The Kier molecular flexibility index (Phi) is 4.34. The molecule has 0 heterocycles. The Bertz CT molecular complexity index is 225. The number of nitrogens with one attached hydrogen (secondary N) is 1. The van der Waals surface area contributed by atoms with E-state index < -0.39 is 12.1 Å². The molecule has 2 rings (SSSR count). The highest BCUT2D eigenvalue weighted by molar-refractivity contribution is 4.82. The molecule has 0 bridgehead atoms. The number of hydrogen-bond donors (Lipinski definition) is 1. The van der Waals surface area contributed by atoms with E-state index in [0.717, 1.165) is 12.5 Å². The van der Waals surface area contributed by atoms with Crippen LogP contribution >= 0.6 is 0 Å². The lowest BCUT2D eigenvalue weighted by Gasteiger charge is -2.31. The summed E-state index contributed by atoms with van der Waals surface area (Å²) in [7, 11) is 0. The van der Waals surface area contributed by atoms with Crippen LogP contribution < -0.4 is 5.32 Å². The van der Waals surface area contributed by atoms with Gasteiger partial charge in [0.25, 0.3) is 0 Å². The van der Waals surface area contributed by atoms with Crippen molar-refractivity contribution in [2.75, 3.05) is 6.54 Å². The third-order valence-electron chi connectivity index (χ3n) is 4.36. The van der Waals surface area contributed by atoms with E-state index >= 15 is 0 Å². The molecule has 0 aromatic heterocycles. The van der Waals surface area contributed by atoms with Gasteiger partial charge in [-0.15, -0.1) is 0 Å². The van der Waals surface area contributed by atoms with Crippen LogP contribution in [0.2, 0.25) is 0 Å². The van der Waals surface area contributed by atoms with Gasteiger partial charge in [0.2, 0.25) is 0 Å². The lowest BCUT2D eigenvalue weighted by Crippen LogP contribution is -2.38. The second-order valence-electron chi connectivity index (χ2n) is 5.65. The van der Waals surface area contributed by atoms with Crippen molar-refractivity contribution < 1.29 is 13.2 Å². The largest absolute Gasteiger partial charge is 0.391 e. The zero-order valence-corrected chi connectivity index (χ0v) is 10.2. The highest BCUT2D eigenvalue weighted by Crippen LogP contribution is 2.37. The minimum absolute atomic E-state index is 0.311. The standard InChI is InChI=1S/C13H22F3N/c14-13(15,16)11-5-7-12(8-6-11)17-9-10-3-1-2-4-10/h10-12,17H,1-9H2. The number of rotatable bonds is 3. The van der Waals surface area contributed by atoms with E-state index in [2.05, 4.69) is 5.32 Å². The maximum atomic E-state index is 12.5. The Morgan fingerprint density at radius 2 is 1.47 bits per heavy atom. The molecule has 100 valence electrons. The summed E-state index contributed by atoms with van der Waals surface area (Å²) in [6.07, 6.45) is 3.28. The summed E-state index contributed by atoms with van der Waals surface area (Å²) in [4.78, 5) is 0. The van der Waals surface area contributed by atoms with Gasteiger partial charge in [-0.1, -0.05) is 12.8 Å². The van der Waals surface area contributed by atoms with E-state index in [1.807, 2.05) is 0 Å². The van der Waals surface area contributed by atoms with E-state index in [0.29, 0.717) is 31.7 Å². The molecule has 2 aliphatic carbocycles. The minimum atomic E-state index is -3.98. The van der Waals surface area contributed by atoms with Crippen LogP contribution in [0, 0.1) is 11.8 Å². The molecule has 0 spiro atoms. The number of hydrogen-bond acceptors (Lipinski definition) is 1. The number of halogens is 3. The average Bonchev–Trinajstić information content (AvgIpc) is 2.78. The maximum Gasteiger partial charge on any atom is 0.391 e. The summed E-state index contributed by atoms with van der Waals surface area (Å²) < 4.78 is 37.4. The second kappa shape index (κ2) is 5.59. The highest BCUT2D eigenvalue weighted by atomic mass is 19.4. The molecule has 0 unspecified atom stereocenters. The molecular weight excluding hydrogens is 227 g/mol. The Balaban J connectivity index is 1.65. The molecule has 1 N–H and O–H groups in total. The first-order valence-corrected chi connectivity index (χ1v) is 6.86. The number of alkyl halides is 3. The molecule has 17 heavy (non-hydrogen) atoms. The first-order chi connectivity index (χ1) is 8.05. The van der Waals surface area contributed by atoms with Crippen LogP contribution in [0.4, 0.5) is 13.2 Å². The summed E-state index contributed by atoms with van der Waals surface area (Å²) in [5.74, 6) is -0.276. The van der Waals surface area contributed by atoms with Gasteiger partial charge in [-0.3, -0.25) is 0 Å². The summed E-state index contributed by atoms with van der Waals surface area (Å²) in [6, 6.07) is 0.328. The summed E-state index contributed by atoms with van der Waals surface area (Å²) >= 11 is 0. The molecule has 2 aliphatic rings. The van der Waals surface area contributed by atoms with E-state index in [9.17, 15) is 13.2 Å². The van der Waals surface area contributed by atoms with Gasteiger partial charge in [-0.2, -0.15) is 13.2 Å². The molecule has 1 nitrogen and oxygen atoms in total. The summed E-state index contributed by atoms with van der Waals surface area (Å²) in [6.45, 7) is 1.02. The zero-order chi connectivity index (χ0) is 12.3. The van der Waals surface area contributed by atoms with Crippen LogP contribution in [0.1, 0.15) is 51.4 Å². The van der Waals surface area contributed by atoms with Crippen molar-refractivity contribution in [1.82, 2.24) is 5.32 Å². The topological polar surface area (TPSA) is 12.0 Å². The van der Waals surface area contributed by atoms with Crippen LogP contribution in [0.25, 0.3) is 0 Å². The lowest BCUT2D eigenvalue weighted by molar-refractivity contribution is -0.182. The fraction of sp³-hybridized carbons (Fsp3) is 1.00. The van der Waals surface area contributed by atoms with Crippen LogP contribution in [-0.2, 0) is 0 Å². The van der Waals surface area contributed by atoms with Gasteiger partial charge in [0.15, 0.2) is 0 Å². The first-order valence-electron chi connectivity index (χ1n) is 6.86. The van der Waals surface area contributed by atoms with Crippen molar-refractivity contribution in [2.24, 2.45) is 11.8 Å². The Morgan fingerprint density at radius 3 is 2.00 bits per heavy atom. The zero-order valence-electron chi connectivity index (χ0n) is 10.2. The fourth-order valence-corrected chi connectivity index (χ4v) is 3.17. The predicted octanol–water partition coefficient (Wildman–Crippen LogP) is 3.89. The minimum Gasteiger partial charge on any atom is -0.314 e. The van der Waals surface area contributed by atoms with Gasteiger partial charge >= 0.3 is 6.18 Å². The van der Waals surface area contributed by atoms with Crippen molar-refractivity contribution in [3.05, 3.63) is 0 Å². The average molecular weight is 249 g/mol. The summed E-state index contributed by atoms with van der Waals surface area (Å²) in [5.41, 5.74) is 0. The molecule has 4 heteroatoms. The monoisotopic (exact) mass is 249 g/mol.